The molecule has 0 spiro atoms. The van der Waals surface area contributed by atoms with Crippen molar-refractivity contribution in [3.8, 4) is 44.5 Å². The predicted molar refractivity (Wildman–Crippen MR) is 217 cm³/mol. The minimum absolute atomic E-state index is 0.0904. The Morgan fingerprint density at radius 3 is 1.31 bits per heavy atom. The maximum absolute atomic E-state index is 2.52. The van der Waals surface area contributed by atoms with Gasteiger partial charge in [0.15, 0.2) is 0 Å². The summed E-state index contributed by atoms with van der Waals surface area (Å²) in [5.74, 6) is 0. The van der Waals surface area contributed by atoms with E-state index in [4.69, 9.17) is 0 Å². The lowest BCUT2D eigenvalue weighted by Crippen LogP contribution is -2.18. The molecule has 0 fully saturated rings. The lowest BCUT2D eigenvalue weighted by atomic mass is 9.82. The standard InChI is InChI=1S/C50H43N/c1-32-27-37(36-18-14-17-35(29-36)34-15-8-7-9-16-34)28-33(2)48(32)51(38-23-25-42-40-19-10-12-21-44(40)49(3,4)46(42)30-38)39-24-26-43-41-20-11-13-22-45(41)50(5,6)47(43)31-39/h7-31H,1-6H3. The molecule has 7 aromatic rings. The molecule has 0 aliphatic heterocycles. The molecule has 51 heavy (non-hydrogen) atoms. The van der Waals surface area contributed by atoms with Crippen molar-refractivity contribution in [2.45, 2.75) is 52.4 Å². The summed E-state index contributed by atoms with van der Waals surface area (Å²) >= 11 is 0. The normalized spacial score (nSPS) is 14.4. The van der Waals surface area contributed by atoms with Crippen molar-refractivity contribution in [1.29, 1.82) is 0 Å². The molecule has 0 saturated carbocycles. The van der Waals surface area contributed by atoms with Crippen molar-refractivity contribution in [2.75, 3.05) is 4.90 Å². The first kappa shape index (κ1) is 31.3. The quantitative estimate of drug-likeness (QED) is 0.178. The summed E-state index contributed by atoms with van der Waals surface area (Å²) in [4.78, 5) is 2.52. The number of hydrogen-bond donors (Lipinski definition) is 0. The molecule has 0 bridgehead atoms. The average molecular weight is 658 g/mol. The zero-order valence-electron chi connectivity index (χ0n) is 30.4. The fraction of sp³-hybridized carbons (Fsp3) is 0.160. The summed E-state index contributed by atoms with van der Waals surface area (Å²) in [5.41, 5.74) is 21.8. The van der Waals surface area contributed by atoms with Gasteiger partial charge in [0, 0.05) is 22.2 Å². The van der Waals surface area contributed by atoms with Gasteiger partial charge >= 0.3 is 0 Å². The number of rotatable bonds is 5. The molecule has 7 aromatic carbocycles. The van der Waals surface area contributed by atoms with Crippen LogP contribution in [-0.2, 0) is 10.8 Å². The Morgan fingerprint density at radius 1 is 0.353 bits per heavy atom. The van der Waals surface area contributed by atoms with Crippen molar-refractivity contribution in [1.82, 2.24) is 0 Å². The highest BCUT2D eigenvalue weighted by molar-refractivity contribution is 5.90. The van der Waals surface area contributed by atoms with Gasteiger partial charge in [0.25, 0.3) is 0 Å². The van der Waals surface area contributed by atoms with Crippen LogP contribution in [0.3, 0.4) is 0 Å². The van der Waals surface area contributed by atoms with Crippen LogP contribution in [-0.4, -0.2) is 0 Å². The Kier molecular flexibility index (Phi) is 7.03. The molecule has 0 heterocycles. The molecule has 2 aliphatic carbocycles. The van der Waals surface area contributed by atoms with Crippen LogP contribution in [0.2, 0.25) is 0 Å². The largest absolute Gasteiger partial charge is 0.310 e. The smallest absolute Gasteiger partial charge is 0.0520 e. The van der Waals surface area contributed by atoms with Gasteiger partial charge in [0.2, 0.25) is 0 Å². The third-order valence-corrected chi connectivity index (χ3v) is 11.7. The van der Waals surface area contributed by atoms with Gasteiger partial charge in [0.1, 0.15) is 0 Å². The molecular weight excluding hydrogens is 615 g/mol. The molecule has 0 saturated heterocycles. The lowest BCUT2D eigenvalue weighted by Gasteiger charge is -2.32. The van der Waals surface area contributed by atoms with E-state index in [0.717, 1.165) is 0 Å². The van der Waals surface area contributed by atoms with Crippen LogP contribution >= 0.6 is 0 Å². The molecule has 2 aliphatic rings. The van der Waals surface area contributed by atoms with E-state index in [2.05, 4.69) is 198 Å². The highest BCUT2D eigenvalue weighted by atomic mass is 15.1. The average Bonchev–Trinajstić information content (AvgIpc) is 3.52. The third-order valence-electron chi connectivity index (χ3n) is 11.7. The van der Waals surface area contributed by atoms with E-state index in [1.807, 2.05) is 0 Å². The SMILES string of the molecule is Cc1cc(-c2cccc(-c3ccccc3)c2)cc(C)c1N(c1ccc2c(c1)C(C)(C)c1ccccc1-2)c1ccc2c(c1)C(C)(C)c1ccccc1-2. The molecule has 248 valence electrons. The predicted octanol–water partition coefficient (Wildman–Crippen LogP) is 13.7. The maximum atomic E-state index is 2.52. The topological polar surface area (TPSA) is 3.24 Å². The monoisotopic (exact) mass is 657 g/mol. The van der Waals surface area contributed by atoms with Crippen LogP contribution in [0.1, 0.15) is 61.1 Å². The molecule has 0 atom stereocenters. The van der Waals surface area contributed by atoms with Crippen molar-refractivity contribution >= 4 is 17.1 Å². The van der Waals surface area contributed by atoms with Crippen molar-refractivity contribution < 1.29 is 0 Å². The van der Waals surface area contributed by atoms with Gasteiger partial charge in [-0.3, -0.25) is 0 Å². The van der Waals surface area contributed by atoms with E-state index >= 15 is 0 Å². The second-order valence-corrected chi connectivity index (χ2v) is 15.5. The Morgan fingerprint density at radius 2 is 0.784 bits per heavy atom. The fourth-order valence-corrected chi connectivity index (χ4v) is 9.05. The van der Waals surface area contributed by atoms with E-state index in [0.29, 0.717) is 0 Å². The molecule has 1 nitrogen and oxygen atoms in total. The van der Waals surface area contributed by atoms with E-state index in [1.54, 1.807) is 0 Å². The summed E-state index contributed by atoms with van der Waals surface area (Å²) < 4.78 is 0. The van der Waals surface area contributed by atoms with Gasteiger partial charge in [-0.1, -0.05) is 137 Å². The summed E-state index contributed by atoms with van der Waals surface area (Å²) in [6.45, 7) is 14.0. The molecule has 1 heteroatoms. The number of fused-ring (bicyclic) bond motifs is 6. The second-order valence-electron chi connectivity index (χ2n) is 15.5. The molecule has 9 rings (SSSR count). The summed E-state index contributed by atoms with van der Waals surface area (Å²) in [7, 11) is 0. The maximum Gasteiger partial charge on any atom is 0.0520 e. The van der Waals surface area contributed by atoms with Gasteiger partial charge in [0.05, 0.1) is 5.69 Å². The van der Waals surface area contributed by atoms with Crippen molar-refractivity contribution in [2.24, 2.45) is 0 Å². The second kappa shape index (κ2) is 11.4. The van der Waals surface area contributed by atoms with Gasteiger partial charge in [-0.25, -0.2) is 0 Å². The summed E-state index contributed by atoms with van der Waals surface area (Å²) in [6, 6.07) is 56.5. The van der Waals surface area contributed by atoms with E-state index in [-0.39, 0.29) is 10.8 Å². The minimum atomic E-state index is -0.0904. The van der Waals surface area contributed by atoms with Crippen LogP contribution in [0.15, 0.2) is 152 Å². The van der Waals surface area contributed by atoms with Gasteiger partial charge in [-0.15, -0.1) is 0 Å². The van der Waals surface area contributed by atoms with Crippen LogP contribution in [0, 0.1) is 13.8 Å². The number of anilines is 3. The Labute approximate surface area is 302 Å². The van der Waals surface area contributed by atoms with Gasteiger partial charge < -0.3 is 4.90 Å². The number of aryl methyl sites for hydroxylation is 2. The molecule has 0 radical (unpaired) electrons. The van der Waals surface area contributed by atoms with Crippen molar-refractivity contribution in [3.63, 3.8) is 0 Å². The first-order valence-corrected chi connectivity index (χ1v) is 18.2. The fourth-order valence-electron chi connectivity index (χ4n) is 9.05. The van der Waals surface area contributed by atoms with Crippen LogP contribution < -0.4 is 4.90 Å². The minimum Gasteiger partial charge on any atom is -0.310 e. The van der Waals surface area contributed by atoms with E-state index < -0.39 is 0 Å². The molecule has 0 unspecified atom stereocenters. The van der Waals surface area contributed by atoms with E-state index in [9.17, 15) is 0 Å². The zero-order chi connectivity index (χ0) is 35.1. The number of benzene rings is 7. The Hall–Kier alpha value is -5.66. The van der Waals surface area contributed by atoms with Crippen LogP contribution in [0.25, 0.3) is 44.5 Å². The molecular formula is C50H43N. The Bertz CT molecular complexity index is 2370. The van der Waals surface area contributed by atoms with Gasteiger partial charge in [-0.05, 0) is 134 Å². The number of hydrogen-bond acceptors (Lipinski definition) is 1. The zero-order valence-corrected chi connectivity index (χ0v) is 30.4. The molecule has 0 aromatic heterocycles. The van der Waals surface area contributed by atoms with Crippen LogP contribution in [0.5, 0.6) is 0 Å². The first-order valence-electron chi connectivity index (χ1n) is 18.2. The summed E-state index contributed by atoms with van der Waals surface area (Å²) in [5, 5.41) is 0. The van der Waals surface area contributed by atoms with Crippen molar-refractivity contribution in [3.05, 3.63) is 185 Å². The van der Waals surface area contributed by atoms with Gasteiger partial charge in [-0.2, -0.15) is 0 Å². The first-order chi connectivity index (χ1) is 24.6. The lowest BCUT2D eigenvalue weighted by molar-refractivity contribution is 0.660. The Balaban J connectivity index is 1.22. The third kappa shape index (κ3) is 4.83. The number of nitrogens with zero attached hydrogens (tertiary/aromatic N) is 1. The molecule has 0 amide bonds. The highest BCUT2D eigenvalue weighted by Gasteiger charge is 2.38. The highest BCUT2D eigenvalue weighted by Crippen LogP contribution is 2.53. The molecule has 0 N–H and O–H groups in total. The van der Waals surface area contributed by atoms with Crippen LogP contribution in [0.4, 0.5) is 17.1 Å². The van der Waals surface area contributed by atoms with E-state index in [1.165, 1.54) is 95.0 Å². The summed E-state index contributed by atoms with van der Waals surface area (Å²) in [6.07, 6.45) is 0.